The Labute approximate surface area is 102 Å². The molecule has 4 heteroatoms. The molecular formula is C13H18O4. The van der Waals surface area contributed by atoms with Crippen LogP contribution in [0.2, 0.25) is 0 Å². The molecule has 0 amide bonds. The van der Waals surface area contributed by atoms with Crippen molar-refractivity contribution in [3.63, 3.8) is 0 Å². The van der Waals surface area contributed by atoms with Crippen LogP contribution in [0.4, 0.5) is 0 Å². The molecule has 1 rings (SSSR count). The molecule has 0 aliphatic heterocycles. The van der Waals surface area contributed by atoms with E-state index in [-0.39, 0.29) is 18.3 Å². The zero-order valence-electron chi connectivity index (χ0n) is 10.5. The third-order valence-corrected chi connectivity index (χ3v) is 2.56. The van der Waals surface area contributed by atoms with Crippen molar-refractivity contribution < 1.29 is 19.0 Å². The molecule has 1 unspecified atom stereocenters. The number of hydrogen-bond donors (Lipinski definition) is 0. The number of rotatable bonds is 5. The summed E-state index contributed by atoms with van der Waals surface area (Å²) in [5.74, 6) is 0.879. The van der Waals surface area contributed by atoms with Crippen LogP contribution in [0, 0.1) is 5.92 Å². The van der Waals surface area contributed by atoms with Gasteiger partial charge >= 0.3 is 5.97 Å². The quantitative estimate of drug-likeness (QED) is 0.689. The summed E-state index contributed by atoms with van der Waals surface area (Å²) in [5, 5.41) is 0. The number of esters is 1. The monoisotopic (exact) mass is 238 g/mol. The normalized spacial score (nSPS) is 19.2. The largest absolute Gasteiger partial charge is 0.493 e. The van der Waals surface area contributed by atoms with Gasteiger partial charge in [-0.3, -0.25) is 4.79 Å². The van der Waals surface area contributed by atoms with E-state index in [1.165, 1.54) is 0 Å². The van der Waals surface area contributed by atoms with Crippen LogP contribution in [-0.2, 0) is 19.0 Å². The lowest BCUT2D eigenvalue weighted by Crippen LogP contribution is -2.16. The summed E-state index contributed by atoms with van der Waals surface area (Å²) in [6.45, 7) is 6.11. The SMILES string of the molecule is C=C1C(OC)=C(OC)C=CC1CC(=O)OCC. The van der Waals surface area contributed by atoms with Crippen LogP contribution in [0.25, 0.3) is 0 Å². The molecule has 0 N–H and O–H groups in total. The third-order valence-electron chi connectivity index (χ3n) is 2.56. The van der Waals surface area contributed by atoms with E-state index < -0.39 is 0 Å². The Kier molecular flexibility index (Phi) is 4.82. The van der Waals surface area contributed by atoms with Crippen molar-refractivity contribution in [3.05, 3.63) is 35.8 Å². The third kappa shape index (κ3) is 3.12. The molecule has 0 saturated heterocycles. The summed E-state index contributed by atoms with van der Waals surface area (Å²) >= 11 is 0. The van der Waals surface area contributed by atoms with Crippen molar-refractivity contribution >= 4 is 5.97 Å². The molecule has 0 aromatic rings. The van der Waals surface area contributed by atoms with Gasteiger partial charge < -0.3 is 14.2 Å². The zero-order valence-corrected chi connectivity index (χ0v) is 10.5. The topological polar surface area (TPSA) is 44.8 Å². The Bertz CT molecular complexity index is 366. The van der Waals surface area contributed by atoms with Crippen molar-refractivity contribution in [1.29, 1.82) is 0 Å². The first-order valence-corrected chi connectivity index (χ1v) is 5.49. The van der Waals surface area contributed by atoms with Gasteiger partial charge in [0.1, 0.15) is 0 Å². The Morgan fingerprint density at radius 2 is 2.12 bits per heavy atom. The first kappa shape index (κ1) is 13.4. The van der Waals surface area contributed by atoms with Gasteiger partial charge in [0.05, 0.1) is 27.2 Å². The highest BCUT2D eigenvalue weighted by atomic mass is 16.5. The second kappa shape index (κ2) is 6.13. The van der Waals surface area contributed by atoms with E-state index in [1.54, 1.807) is 27.2 Å². The highest BCUT2D eigenvalue weighted by Gasteiger charge is 2.24. The number of carbonyl (C=O) groups excluding carboxylic acids is 1. The average molecular weight is 238 g/mol. The fourth-order valence-corrected chi connectivity index (χ4v) is 1.71. The predicted octanol–water partition coefficient (Wildman–Crippen LogP) is 2.19. The molecule has 4 nitrogen and oxygen atoms in total. The summed E-state index contributed by atoms with van der Waals surface area (Å²) in [6.07, 6.45) is 3.94. The number of ether oxygens (including phenoxy) is 3. The number of carbonyl (C=O) groups is 1. The van der Waals surface area contributed by atoms with Crippen molar-refractivity contribution in [3.8, 4) is 0 Å². The molecule has 17 heavy (non-hydrogen) atoms. The van der Waals surface area contributed by atoms with E-state index in [4.69, 9.17) is 14.2 Å². The van der Waals surface area contributed by atoms with Gasteiger partial charge in [-0.2, -0.15) is 0 Å². The summed E-state index contributed by atoms with van der Waals surface area (Å²) in [7, 11) is 3.12. The zero-order chi connectivity index (χ0) is 12.8. The van der Waals surface area contributed by atoms with Crippen LogP contribution in [0.3, 0.4) is 0 Å². The van der Waals surface area contributed by atoms with Gasteiger partial charge in [0, 0.05) is 5.92 Å². The van der Waals surface area contributed by atoms with E-state index >= 15 is 0 Å². The Morgan fingerprint density at radius 1 is 1.41 bits per heavy atom. The summed E-state index contributed by atoms with van der Waals surface area (Å²) in [5.41, 5.74) is 0.736. The molecular weight excluding hydrogens is 220 g/mol. The van der Waals surface area contributed by atoms with E-state index in [9.17, 15) is 4.79 Å². The summed E-state index contributed by atoms with van der Waals surface area (Å²) in [4.78, 5) is 11.4. The van der Waals surface area contributed by atoms with Gasteiger partial charge in [-0.05, 0) is 18.6 Å². The molecule has 0 radical (unpaired) electrons. The van der Waals surface area contributed by atoms with Crippen LogP contribution in [-0.4, -0.2) is 26.8 Å². The number of hydrogen-bond acceptors (Lipinski definition) is 4. The van der Waals surface area contributed by atoms with Gasteiger partial charge in [-0.15, -0.1) is 0 Å². The molecule has 0 aromatic heterocycles. The smallest absolute Gasteiger partial charge is 0.306 e. The summed E-state index contributed by atoms with van der Waals surface area (Å²) < 4.78 is 15.3. The molecule has 94 valence electrons. The van der Waals surface area contributed by atoms with Crippen molar-refractivity contribution in [2.45, 2.75) is 13.3 Å². The lowest BCUT2D eigenvalue weighted by Gasteiger charge is -2.22. The van der Waals surface area contributed by atoms with Crippen LogP contribution in [0.15, 0.2) is 35.8 Å². The standard InChI is InChI=1S/C13H18O4/c1-5-17-12(14)8-10-6-7-11(15-3)13(16-4)9(10)2/h6-7,10H,2,5,8H2,1,3-4H3. The lowest BCUT2D eigenvalue weighted by molar-refractivity contribution is -0.143. The van der Waals surface area contributed by atoms with Crippen molar-refractivity contribution in [1.82, 2.24) is 0 Å². The lowest BCUT2D eigenvalue weighted by atomic mass is 9.90. The molecule has 0 heterocycles. The average Bonchev–Trinajstić information content (AvgIpc) is 2.31. The Balaban J connectivity index is 2.76. The molecule has 0 saturated carbocycles. The van der Waals surface area contributed by atoms with Crippen molar-refractivity contribution in [2.75, 3.05) is 20.8 Å². The van der Waals surface area contributed by atoms with Crippen LogP contribution in [0.5, 0.6) is 0 Å². The predicted molar refractivity (Wildman–Crippen MR) is 64.1 cm³/mol. The molecule has 0 aromatic carbocycles. The van der Waals surface area contributed by atoms with Gasteiger partial charge in [-0.25, -0.2) is 0 Å². The van der Waals surface area contributed by atoms with Gasteiger partial charge in [0.15, 0.2) is 11.5 Å². The molecule has 0 bridgehead atoms. The summed E-state index contributed by atoms with van der Waals surface area (Å²) in [6, 6.07) is 0. The highest BCUT2D eigenvalue weighted by molar-refractivity contribution is 5.71. The second-order valence-electron chi connectivity index (χ2n) is 3.60. The second-order valence-corrected chi connectivity index (χ2v) is 3.60. The first-order valence-electron chi connectivity index (χ1n) is 5.49. The Hall–Kier alpha value is -1.71. The fourth-order valence-electron chi connectivity index (χ4n) is 1.71. The molecule has 1 atom stereocenters. The van der Waals surface area contributed by atoms with E-state index in [2.05, 4.69) is 6.58 Å². The van der Waals surface area contributed by atoms with Crippen LogP contribution < -0.4 is 0 Å². The maximum absolute atomic E-state index is 11.4. The van der Waals surface area contributed by atoms with E-state index in [1.807, 2.05) is 6.08 Å². The van der Waals surface area contributed by atoms with Gasteiger partial charge in [0.25, 0.3) is 0 Å². The van der Waals surface area contributed by atoms with Gasteiger partial charge in [-0.1, -0.05) is 12.7 Å². The molecule has 1 aliphatic carbocycles. The molecule has 0 fully saturated rings. The maximum atomic E-state index is 11.4. The Morgan fingerprint density at radius 3 is 2.65 bits per heavy atom. The maximum Gasteiger partial charge on any atom is 0.306 e. The fraction of sp³-hybridized carbons (Fsp3) is 0.462. The van der Waals surface area contributed by atoms with Crippen LogP contribution in [0.1, 0.15) is 13.3 Å². The number of allylic oxidation sites excluding steroid dienone is 3. The van der Waals surface area contributed by atoms with E-state index in [0.29, 0.717) is 18.1 Å². The minimum Gasteiger partial charge on any atom is -0.493 e. The van der Waals surface area contributed by atoms with E-state index in [0.717, 1.165) is 5.57 Å². The van der Waals surface area contributed by atoms with Gasteiger partial charge in [0.2, 0.25) is 0 Å². The van der Waals surface area contributed by atoms with Crippen molar-refractivity contribution in [2.24, 2.45) is 5.92 Å². The highest BCUT2D eigenvalue weighted by Crippen LogP contribution is 2.31. The minimum atomic E-state index is -0.236. The molecule has 0 spiro atoms. The first-order chi connectivity index (χ1) is 8.13. The minimum absolute atomic E-state index is 0.0945. The molecule has 1 aliphatic rings. The number of methoxy groups -OCH3 is 2. The van der Waals surface area contributed by atoms with Crippen LogP contribution >= 0.6 is 0 Å².